The van der Waals surface area contributed by atoms with Crippen molar-refractivity contribution in [2.24, 2.45) is 0 Å². The molecule has 5 N–H and O–H groups in total. The Balaban J connectivity index is 2.02. The van der Waals surface area contributed by atoms with E-state index in [-0.39, 0.29) is 0 Å². The molecule has 1 heterocycles. The molecule has 0 aliphatic carbocycles. The monoisotopic (exact) mass is 393 g/mol. The molecule has 6 nitrogen and oxygen atoms in total. The first-order valence-corrected chi connectivity index (χ1v) is 9.19. The number of hydrogen-bond donors (Lipinski definition) is 5. The lowest BCUT2D eigenvalue weighted by atomic mass is 9.87. The van der Waals surface area contributed by atoms with Gasteiger partial charge in [0.1, 0.15) is 5.60 Å². The molecule has 1 saturated heterocycles. The van der Waals surface area contributed by atoms with E-state index in [4.69, 9.17) is 16.3 Å². The summed E-state index contributed by atoms with van der Waals surface area (Å²) in [6, 6.07) is 14.7. The molecule has 1 fully saturated rings. The predicted molar refractivity (Wildman–Crippen MR) is 101 cm³/mol. The molecule has 7 heteroatoms. The van der Waals surface area contributed by atoms with Crippen molar-refractivity contribution in [3.63, 3.8) is 0 Å². The van der Waals surface area contributed by atoms with Crippen LogP contribution in [0.3, 0.4) is 0 Å². The van der Waals surface area contributed by atoms with E-state index in [2.05, 4.69) is 5.32 Å². The van der Waals surface area contributed by atoms with Gasteiger partial charge in [0.2, 0.25) is 0 Å². The number of nitrogens with one attached hydrogen (secondary N) is 1. The highest BCUT2D eigenvalue weighted by atomic mass is 35.5. The number of rotatable bonds is 6. The van der Waals surface area contributed by atoms with Gasteiger partial charge in [-0.15, -0.1) is 0 Å². The summed E-state index contributed by atoms with van der Waals surface area (Å²) in [4.78, 5) is 0. The van der Waals surface area contributed by atoms with Crippen molar-refractivity contribution in [2.75, 3.05) is 6.54 Å². The largest absolute Gasteiger partial charge is 0.358 e. The fourth-order valence-corrected chi connectivity index (χ4v) is 3.55. The summed E-state index contributed by atoms with van der Waals surface area (Å²) in [5.41, 5.74) is -0.208. The lowest BCUT2D eigenvalue weighted by Crippen LogP contribution is -2.66. The first-order valence-electron chi connectivity index (χ1n) is 8.81. The molecular weight excluding hydrogens is 370 g/mol. The second-order valence-corrected chi connectivity index (χ2v) is 7.43. The van der Waals surface area contributed by atoms with Gasteiger partial charge < -0.3 is 30.5 Å². The average Bonchev–Trinajstić information content (AvgIpc) is 3.18. The summed E-state index contributed by atoms with van der Waals surface area (Å²) < 4.78 is 5.64. The Hall–Kier alpha value is -1.51. The molecule has 3 rings (SSSR count). The Morgan fingerprint density at radius 3 is 2.11 bits per heavy atom. The minimum absolute atomic E-state index is 0.377. The predicted octanol–water partition coefficient (Wildman–Crippen LogP) is 1.69. The first kappa shape index (κ1) is 20.2. The highest BCUT2D eigenvalue weighted by molar-refractivity contribution is 6.30. The van der Waals surface area contributed by atoms with Gasteiger partial charge in [0.05, 0.1) is 6.04 Å². The third-order valence-electron chi connectivity index (χ3n) is 5.09. The fourth-order valence-electron chi connectivity index (χ4n) is 3.42. The molecule has 2 aromatic carbocycles. The van der Waals surface area contributed by atoms with Crippen LogP contribution in [-0.4, -0.2) is 44.8 Å². The number of aliphatic hydroxyl groups is 4. The molecular formula is C20H24ClNO5. The maximum Gasteiger partial charge on any atom is 0.338 e. The molecule has 146 valence electrons. The van der Waals surface area contributed by atoms with Crippen molar-refractivity contribution in [2.45, 2.75) is 43.2 Å². The van der Waals surface area contributed by atoms with E-state index < -0.39 is 23.4 Å². The minimum atomic E-state index is -3.24. The van der Waals surface area contributed by atoms with Crippen LogP contribution in [0.15, 0.2) is 54.6 Å². The molecule has 0 spiro atoms. The van der Waals surface area contributed by atoms with Crippen LogP contribution in [0.4, 0.5) is 0 Å². The van der Waals surface area contributed by atoms with Gasteiger partial charge in [-0.05, 0) is 49.6 Å². The van der Waals surface area contributed by atoms with Crippen LogP contribution < -0.4 is 5.32 Å². The van der Waals surface area contributed by atoms with Crippen LogP contribution in [0, 0.1) is 0 Å². The maximum absolute atomic E-state index is 10.6. The standard InChI is InChI=1S/C20H24ClNO5/c1-18(14-6-3-2-4-7-14,15-9-11-16(21)12-10-15)27-20(25,26)19(23,24)17-8-5-13-22-17/h2-4,6-7,9-12,17,22-26H,5,8,13H2,1H3. The normalized spacial score (nSPS) is 20.4. The Labute approximate surface area is 163 Å². The Kier molecular flexibility index (Phi) is 5.61. The molecule has 2 unspecified atom stereocenters. The van der Waals surface area contributed by atoms with Crippen molar-refractivity contribution in [1.29, 1.82) is 0 Å². The molecule has 0 aromatic heterocycles. The quantitative estimate of drug-likeness (QED) is 0.479. The smallest absolute Gasteiger partial charge is 0.338 e. The zero-order valence-electron chi connectivity index (χ0n) is 15.0. The summed E-state index contributed by atoms with van der Waals surface area (Å²) in [5, 5.41) is 45.5. The van der Waals surface area contributed by atoms with Gasteiger partial charge in [0.15, 0.2) is 0 Å². The lowest BCUT2D eigenvalue weighted by molar-refractivity contribution is -0.483. The topological polar surface area (TPSA) is 102 Å². The van der Waals surface area contributed by atoms with Crippen LogP contribution in [0.5, 0.6) is 0 Å². The van der Waals surface area contributed by atoms with E-state index in [0.717, 1.165) is 0 Å². The molecule has 2 atom stereocenters. The summed E-state index contributed by atoms with van der Waals surface area (Å²) in [6.07, 6.45) is 1.07. The number of hydrogen-bond acceptors (Lipinski definition) is 6. The maximum atomic E-state index is 10.6. The van der Waals surface area contributed by atoms with E-state index in [1.165, 1.54) is 0 Å². The van der Waals surface area contributed by atoms with E-state index in [1.54, 1.807) is 55.5 Å². The van der Waals surface area contributed by atoms with Gasteiger partial charge in [-0.1, -0.05) is 54.1 Å². The van der Waals surface area contributed by atoms with Gasteiger partial charge in [-0.3, -0.25) is 0 Å². The molecule has 2 aromatic rings. The number of ether oxygens (including phenoxy) is 1. The molecule has 1 aliphatic rings. The van der Waals surface area contributed by atoms with Crippen molar-refractivity contribution in [1.82, 2.24) is 5.32 Å². The van der Waals surface area contributed by atoms with E-state index >= 15 is 0 Å². The average molecular weight is 394 g/mol. The Morgan fingerprint density at radius 1 is 0.963 bits per heavy atom. The van der Waals surface area contributed by atoms with Crippen LogP contribution in [0.2, 0.25) is 5.02 Å². The summed E-state index contributed by atoms with van der Waals surface area (Å²) >= 11 is 5.97. The first-order chi connectivity index (χ1) is 12.7. The summed E-state index contributed by atoms with van der Waals surface area (Å²) in [5.74, 6) is -6.15. The lowest BCUT2D eigenvalue weighted by Gasteiger charge is -2.43. The van der Waals surface area contributed by atoms with Crippen LogP contribution >= 0.6 is 11.6 Å². The second-order valence-electron chi connectivity index (χ2n) is 6.99. The number of halogens is 1. The highest BCUT2D eigenvalue weighted by Gasteiger charge is 2.58. The van der Waals surface area contributed by atoms with Crippen molar-refractivity contribution in [3.8, 4) is 0 Å². The Morgan fingerprint density at radius 2 is 1.56 bits per heavy atom. The SMILES string of the molecule is CC(OC(O)(O)C(O)(O)C1CCCN1)(c1ccccc1)c1ccc(Cl)cc1. The zero-order chi connectivity index (χ0) is 19.7. The molecule has 27 heavy (non-hydrogen) atoms. The highest BCUT2D eigenvalue weighted by Crippen LogP contribution is 2.40. The second kappa shape index (κ2) is 7.48. The molecule has 0 saturated carbocycles. The molecule has 1 aliphatic heterocycles. The van der Waals surface area contributed by atoms with Crippen LogP contribution in [-0.2, 0) is 10.3 Å². The molecule has 0 radical (unpaired) electrons. The van der Waals surface area contributed by atoms with Gasteiger partial charge in [-0.25, -0.2) is 0 Å². The molecule has 0 bridgehead atoms. The fraction of sp³-hybridized carbons (Fsp3) is 0.400. The third kappa shape index (κ3) is 3.88. The van der Waals surface area contributed by atoms with Crippen molar-refractivity contribution in [3.05, 3.63) is 70.7 Å². The van der Waals surface area contributed by atoms with Crippen molar-refractivity contribution < 1.29 is 25.2 Å². The third-order valence-corrected chi connectivity index (χ3v) is 5.34. The molecule has 0 amide bonds. The minimum Gasteiger partial charge on any atom is -0.358 e. The van der Waals surface area contributed by atoms with Gasteiger partial charge in [0, 0.05) is 5.02 Å². The van der Waals surface area contributed by atoms with Crippen LogP contribution in [0.1, 0.15) is 30.9 Å². The van der Waals surface area contributed by atoms with E-state index in [1.807, 2.05) is 6.07 Å². The van der Waals surface area contributed by atoms with Gasteiger partial charge in [-0.2, -0.15) is 0 Å². The van der Waals surface area contributed by atoms with Gasteiger partial charge >= 0.3 is 5.97 Å². The van der Waals surface area contributed by atoms with E-state index in [0.29, 0.717) is 35.5 Å². The number of benzene rings is 2. The zero-order valence-corrected chi connectivity index (χ0v) is 15.7. The summed E-state index contributed by atoms with van der Waals surface area (Å²) in [7, 11) is 0. The van der Waals surface area contributed by atoms with E-state index in [9.17, 15) is 20.4 Å². The Bertz CT molecular complexity index is 760. The summed E-state index contributed by atoms with van der Waals surface area (Å²) in [6.45, 7) is 2.18. The van der Waals surface area contributed by atoms with Crippen LogP contribution in [0.25, 0.3) is 0 Å². The van der Waals surface area contributed by atoms with Gasteiger partial charge in [0.25, 0.3) is 5.79 Å². The van der Waals surface area contributed by atoms with Crippen molar-refractivity contribution >= 4 is 11.6 Å².